The van der Waals surface area contributed by atoms with E-state index < -0.39 is 0 Å². The van der Waals surface area contributed by atoms with Crippen LogP contribution >= 0.6 is 0 Å². The van der Waals surface area contributed by atoms with Crippen molar-refractivity contribution in [1.29, 1.82) is 0 Å². The molecule has 0 atom stereocenters. The van der Waals surface area contributed by atoms with Crippen LogP contribution < -0.4 is 0 Å². The SMILES string of the molecule is CO/N=C(/C(C)=O)c1cccc(C)c1. The van der Waals surface area contributed by atoms with Gasteiger partial charge in [-0.3, -0.25) is 4.79 Å². The number of carbonyl (C=O) groups is 1. The number of benzene rings is 1. The average molecular weight is 191 g/mol. The quantitative estimate of drug-likeness (QED) is 0.541. The summed E-state index contributed by atoms with van der Waals surface area (Å²) in [6, 6.07) is 7.60. The molecular weight excluding hydrogens is 178 g/mol. The minimum Gasteiger partial charge on any atom is -0.399 e. The molecule has 1 aromatic rings. The normalized spacial score (nSPS) is 11.2. The molecule has 3 heteroatoms. The third-order valence-electron chi connectivity index (χ3n) is 1.81. The van der Waals surface area contributed by atoms with E-state index in [4.69, 9.17) is 0 Å². The van der Waals surface area contributed by atoms with Crippen molar-refractivity contribution in [3.05, 3.63) is 35.4 Å². The lowest BCUT2D eigenvalue weighted by molar-refractivity contribution is -0.111. The van der Waals surface area contributed by atoms with E-state index in [0.717, 1.165) is 11.1 Å². The van der Waals surface area contributed by atoms with Crippen LogP contribution in [0.3, 0.4) is 0 Å². The Morgan fingerprint density at radius 3 is 2.64 bits per heavy atom. The number of Topliss-reactive ketones (excluding diaryl/α,β-unsaturated/α-hetero) is 1. The summed E-state index contributed by atoms with van der Waals surface area (Å²) in [4.78, 5) is 15.9. The van der Waals surface area contributed by atoms with Gasteiger partial charge in [0.05, 0.1) is 0 Å². The molecule has 0 aliphatic heterocycles. The van der Waals surface area contributed by atoms with Crippen molar-refractivity contribution in [2.75, 3.05) is 7.11 Å². The van der Waals surface area contributed by atoms with Crippen molar-refractivity contribution in [1.82, 2.24) is 0 Å². The standard InChI is InChI=1S/C11H13NO2/c1-8-5-4-6-10(7-8)11(9(2)13)12-14-3/h4-7H,1-3H3/b12-11-. The Bertz CT molecular complexity index is 369. The summed E-state index contributed by atoms with van der Waals surface area (Å²) in [6.07, 6.45) is 0. The molecule has 0 heterocycles. The first kappa shape index (κ1) is 10.4. The molecule has 0 unspecified atom stereocenters. The number of nitrogens with zero attached hydrogens (tertiary/aromatic N) is 1. The molecule has 0 bridgehead atoms. The molecule has 74 valence electrons. The molecule has 0 N–H and O–H groups in total. The van der Waals surface area contributed by atoms with Gasteiger partial charge >= 0.3 is 0 Å². The van der Waals surface area contributed by atoms with Crippen LogP contribution in [0.4, 0.5) is 0 Å². The number of hydrogen-bond acceptors (Lipinski definition) is 3. The second kappa shape index (κ2) is 4.56. The largest absolute Gasteiger partial charge is 0.399 e. The van der Waals surface area contributed by atoms with Crippen LogP contribution in [0.15, 0.2) is 29.4 Å². The number of ketones is 1. The van der Waals surface area contributed by atoms with E-state index >= 15 is 0 Å². The maximum Gasteiger partial charge on any atom is 0.182 e. The zero-order chi connectivity index (χ0) is 10.6. The van der Waals surface area contributed by atoms with E-state index in [9.17, 15) is 4.79 Å². The van der Waals surface area contributed by atoms with Crippen LogP contribution in [0.1, 0.15) is 18.1 Å². The van der Waals surface area contributed by atoms with Gasteiger partial charge in [0.25, 0.3) is 0 Å². The second-order valence-electron chi connectivity index (χ2n) is 3.05. The molecule has 1 aromatic carbocycles. The van der Waals surface area contributed by atoms with Gasteiger partial charge in [0.15, 0.2) is 11.5 Å². The molecule has 14 heavy (non-hydrogen) atoms. The summed E-state index contributed by atoms with van der Waals surface area (Å²) < 4.78 is 0. The maximum absolute atomic E-state index is 11.2. The summed E-state index contributed by atoms with van der Waals surface area (Å²) >= 11 is 0. The van der Waals surface area contributed by atoms with Gasteiger partial charge in [0.2, 0.25) is 0 Å². The van der Waals surface area contributed by atoms with E-state index in [1.807, 2.05) is 31.2 Å². The highest BCUT2D eigenvalue weighted by Crippen LogP contribution is 2.06. The highest BCUT2D eigenvalue weighted by atomic mass is 16.6. The topological polar surface area (TPSA) is 38.7 Å². The van der Waals surface area contributed by atoms with Crippen molar-refractivity contribution in [2.45, 2.75) is 13.8 Å². The van der Waals surface area contributed by atoms with E-state index in [0.29, 0.717) is 5.71 Å². The van der Waals surface area contributed by atoms with Gasteiger partial charge in [-0.1, -0.05) is 28.9 Å². The lowest BCUT2D eigenvalue weighted by Gasteiger charge is -2.02. The molecule has 0 aliphatic rings. The van der Waals surface area contributed by atoms with Crippen molar-refractivity contribution < 1.29 is 9.63 Å². The average Bonchev–Trinajstić information content (AvgIpc) is 2.13. The lowest BCUT2D eigenvalue weighted by Crippen LogP contribution is -2.12. The van der Waals surface area contributed by atoms with Crippen molar-refractivity contribution >= 4 is 11.5 Å². The summed E-state index contributed by atoms with van der Waals surface area (Å²) in [5.74, 6) is -0.0996. The zero-order valence-corrected chi connectivity index (χ0v) is 8.57. The van der Waals surface area contributed by atoms with Crippen LogP contribution in [-0.4, -0.2) is 18.6 Å². The van der Waals surface area contributed by atoms with E-state index in [-0.39, 0.29) is 5.78 Å². The Balaban J connectivity index is 3.12. The van der Waals surface area contributed by atoms with Crippen LogP contribution in [0, 0.1) is 6.92 Å². The predicted octanol–water partition coefficient (Wildman–Crippen LogP) is 1.93. The Hall–Kier alpha value is -1.64. The molecule has 0 aromatic heterocycles. The molecule has 0 aliphatic carbocycles. The van der Waals surface area contributed by atoms with Gasteiger partial charge in [-0.2, -0.15) is 0 Å². The van der Waals surface area contributed by atoms with Crippen LogP contribution in [0.2, 0.25) is 0 Å². The third kappa shape index (κ3) is 2.42. The summed E-state index contributed by atoms with van der Waals surface area (Å²) in [6.45, 7) is 3.44. The molecule has 3 nitrogen and oxygen atoms in total. The van der Waals surface area contributed by atoms with E-state index in [1.54, 1.807) is 0 Å². The van der Waals surface area contributed by atoms with Crippen LogP contribution in [0.25, 0.3) is 0 Å². The van der Waals surface area contributed by atoms with Crippen molar-refractivity contribution in [3.63, 3.8) is 0 Å². The van der Waals surface area contributed by atoms with E-state index in [1.165, 1.54) is 14.0 Å². The first-order valence-electron chi connectivity index (χ1n) is 4.34. The Labute approximate surface area is 83.4 Å². The minimum atomic E-state index is -0.0996. The van der Waals surface area contributed by atoms with Crippen molar-refractivity contribution in [3.8, 4) is 0 Å². The third-order valence-corrected chi connectivity index (χ3v) is 1.81. The first-order valence-corrected chi connectivity index (χ1v) is 4.34. The number of hydrogen-bond donors (Lipinski definition) is 0. The smallest absolute Gasteiger partial charge is 0.182 e. The molecule has 0 amide bonds. The lowest BCUT2D eigenvalue weighted by atomic mass is 10.1. The van der Waals surface area contributed by atoms with Gasteiger partial charge < -0.3 is 4.84 Å². The minimum absolute atomic E-state index is 0.0996. The molecule has 1 rings (SSSR count). The molecule has 0 saturated heterocycles. The number of aryl methyl sites for hydroxylation is 1. The van der Waals surface area contributed by atoms with Gasteiger partial charge in [0.1, 0.15) is 7.11 Å². The zero-order valence-electron chi connectivity index (χ0n) is 8.57. The first-order chi connectivity index (χ1) is 6.65. The summed E-state index contributed by atoms with van der Waals surface area (Å²) in [5.41, 5.74) is 2.24. The predicted molar refractivity (Wildman–Crippen MR) is 55.4 cm³/mol. The molecular formula is C11H13NO2. The fourth-order valence-electron chi connectivity index (χ4n) is 1.20. The fraction of sp³-hybridized carbons (Fsp3) is 0.273. The second-order valence-corrected chi connectivity index (χ2v) is 3.05. The van der Waals surface area contributed by atoms with Crippen molar-refractivity contribution in [2.24, 2.45) is 5.16 Å². The molecule has 0 saturated carbocycles. The number of oxime groups is 1. The fourth-order valence-corrected chi connectivity index (χ4v) is 1.20. The Morgan fingerprint density at radius 2 is 2.14 bits per heavy atom. The molecule has 0 spiro atoms. The number of rotatable bonds is 3. The molecule has 0 radical (unpaired) electrons. The van der Waals surface area contributed by atoms with Gasteiger partial charge in [-0.05, 0) is 13.0 Å². The van der Waals surface area contributed by atoms with E-state index in [2.05, 4.69) is 9.99 Å². The maximum atomic E-state index is 11.2. The Kier molecular flexibility index (Phi) is 3.40. The van der Waals surface area contributed by atoms with Gasteiger partial charge in [0, 0.05) is 12.5 Å². The van der Waals surface area contributed by atoms with Gasteiger partial charge in [-0.25, -0.2) is 0 Å². The molecule has 0 fully saturated rings. The Morgan fingerprint density at radius 1 is 1.43 bits per heavy atom. The summed E-state index contributed by atoms with van der Waals surface area (Å²) in [5, 5.41) is 3.70. The highest BCUT2D eigenvalue weighted by Gasteiger charge is 2.09. The van der Waals surface area contributed by atoms with Crippen LogP contribution in [-0.2, 0) is 9.63 Å². The monoisotopic (exact) mass is 191 g/mol. The van der Waals surface area contributed by atoms with Crippen LogP contribution in [0.5, 0.6) is 0 Å². The van der Waals surface area contributed by atoms with Gasteiger partial charge in [-0.15, -0.1) is 0 Å². The highest BCUT2D eigenvalue weighted by molar-refractivity contribution is 6.45. The number of carbonyl (C=O) groups excluding carboxylic acids is 1. The summed E-state index contributed by atoms with van der Waals surface area (Å²) in [7, 11) is 1.43.